The van der Waals surface area contributed by atoms with Gasteiger partial charge in [0, 0.05) is 11.8 Å². The number of nitrogens with zero attached hydrogens (tertiary/aromatic N) is 2. The van der Waals surface area contributed by atoms with Gasteiger partial charge in [-0.15, -0.1) is 0 Å². The van der Waals surface area contributed by atoms with Crippen LogP contribution in [0.5, 0.6) is 0 Å². The van der Waals surface area contributed by atoms with Crippen LogP contribution in [0.2, 0.25) is 0 Å². The number of ketones is 1. The second-order valence-corrected chi connectivity index (χ2v) is 6.91. The summed E-state index contributed by atoms with van der Waals surface area (Å²) in [5.41, 5.74) is -1.99. The van der Waals surface area contributed by atoms with Crippen LogP contribution in [0.15, 0.2) is 0 Å². The molecule has 7 nitrogen and oxygen atoms in total. The lowest BCUT2D eigenvalue weighted by Crippen LogP contribution is -2.55. The first-order chi connectivity index (χ1) is 9.01. The number of Topliss-reactive ketones (excluding diaryl/α,β-unsaturated/α-hetero) is 1. The molecule has 5 fully saturated rings. The van der Waals surface area contributed by atoms with Crippen molar-refractivity contribution in [3.05, 3.63) is 20.2 Å². The first-order valence-electron chi connectivity index (χ1n) is 6.84. The zero-order valence-electron chi connectivity index (χ0n) is 9.97. The predicted molar refractivity (Wildman–Crippen MR) is 58.9 cm³/mol. The molecule has 0 heterocycles. The van der Waals surface area contributed by atoms with Crippen LogP contribution in [-0.2, 0) is 4.79 Å². The van der Waals surface area contributed by atoms with Crippen molar-refractivity contribution in [3.8, 4) is 0 Å². The lowest BCUT2D eigenvalue weighted by atomic mass is 9.60. The van der Waals surface area contributed by atoms with Gasteiger partial charge in [-0.3, -0.25) is 25.0 Å². The quantitative estimate of drug-likeness (QED) is 0.412. The van der Waals surface area contributed by atoms with Crippen LogP contribution in [0.3, 0.4) is 0 Å². The van der Waals surface area contributed by atoms with Crippen molar-refractivity contribution in [2.24, 2.45) is 47.3 Å². The first-order valence-corrected chi connectivity index (χ1v) is 6.84. The number of rotatable bonds is 2. The molecule has 0 bridgehead atoms. The SMILES string of the molecule is O=C1[C@H]2C[C@H]3[C@H]4[C@@H]2[C@H]2[C@H]4[C@@H](C[C@@H]12)C3([N+](=O)[O-])[N+](=O)[O-]. The largest absolute Gasteiger partial charge is 0.464 e. The van der Waals surface area contributed by atoms with Gasteiger partial charge in [-0.05, 0) is 36.5 Å². The Labute approximate surface area is 107 Å². The highest BCUT2D eigenvalue weighted by Crippen LogP contribution is 2.81. The summed E-state index contributed by atoms with van der Waals surface area (Å²) in [7, 11) is 0. The van der Waals surface area contributed by atoms with E-state index < -0.39 is 27.3 Å². The van der Waals surface area contributed by atoms with E-state index in [1.165, 1.54) is 0 Å². The van der Waals surface area contributed by atoms with E-state index in [0.29, 0.717) is 12.8 Å². The lowest BCUT2D eigenvalue weighted by Gasteiger charge is -2.42. The van der Waals surface area contributed by atoms with Crippen molar-refractivity contribution in [2.45, 2.75) is 18.5 Å². The molecule has 0 saturated heterocycles. The Morgan fingerprint density at radius 3 is 1.68 bits per heavy atom. The number of hydrogen-bond acceptors (Lipinski definition) is 5. The highest BCUT2D eigenvalue weighted by atomic mass is 16.7. The molecule has 5 rings (SSSR count). The molecule has 0 unspecified atom stereocenters. The summed E-state index contributed by atoms with van der Waals surface area (Å²) < 4.78 is 0. The summed E-state index contributed by atoms with van der Waals surface area (Å²) in [5.74, 6) is -0.359. The third-order valence-corrected chi connectivity index (χ3v) is 7.06. The highest BCUT2D eigenvalue weighted by Gasteiger charge is 2.91. The summed E-state index contributed by atoms with van der Waals surface area (Å²) in [6.07, 6.45) is 0.770. The maximum absolute atomic E-state index is 12.3. The topological polar surface area (TPSA) is 103 Å². The molecule has 0 radical (unpaired) electrons. The van der Waals surface area contributed by atoms with Crippen molar-refractivity contribution in [1.29, 1.82) is 0 Å². The third-order valence-electron chi connectivity index (χ3n) is 7.06. The van der Waals surface area contributed by atoms with E-state index >= 15 is 0 Å². The van der Waals surface area contributed by atoms with Gasteiger partial charge in [0.05, 0.1) is 9.85 Å². The molecule has 100 valence electrons. The fraction of sp³-hybridized carbons (Fsp3) is 0.917. The van der Waals surface area contributed by atoms with Gasteiger partial charge in [0.25, 0.3) is 0 Å². The van der Waals surface area contributed by atoms with E-state index in [0.717, 1.165) is 0 Å². The molecule has 0 aromatic heterocycles. The highest BCUT2D eigenvalue weighted by molar-refractivity contribution is 5.89. The molecule has 0 amide bonds. The van der Waals surface area contributed by atoms with Crippen molar-refractivity contribution < 1.29 is 14.6 Å². The van der Waals surface area contributed by atoms with Gasteiger partial charge < -0.3 is 0 Å². The standard InChI is InChI=1S/C12H12N2O5/c15-11-3-1-5-9-7(3)8-4(11)2-6(10(8)9)12(5,13(16)17)14(18)19/h3-10H,1-2H2/t3-,4+,5-,6+,7-,8-,9-,10+/m0/s1. The van der Waals surface area contributed by atoms with Crippen LogP contribution < -0.4 is 0 Å². The van der Waals surface area contributed by atoms with Crippen LogP contribution in [0.4, 0.5) is 0 Å². The van der Waals surface area contributed by atoms with Gasteiger partial charge in [0.2, 0.25) is 0 Å². The molecule has 7 heteroatoms. The average Bonchev–Trinajstić information content (AvgIpc) is 2.86. The summed E-state index contributed by atoms with van der Waals surface area (Å²) in [6.45, 7) is 0. The monoisotopic (exact) mass is 264 g/mol. The number of carbonyl (C=O) groups excluding carboxylic acids is 1. The summed E-state index contributed by atoms with van der Waals surface area (Å²) in [5, 5.41) is 23.1. The van der Waals surface area contributed by atoms with Crippen molar-refractivity contribution in [2.75, 3.05) is 0 Å². The van der Waals surface area contributed by atoms with Crippen LogP contribution in [0, 0.1) is 67.6 Å². The maximum atomic E-state index is 12.3. The minimum absolute atomic E-state index is 0.0762. The Balaban J connectivity index is 1.77. The minimum Gasteiger partial charge on any atom is -0.299 e. The van der Waals surface area contributed by atoms with Gasteiger partial charge in [-0.25, -0.2) is 0 Å². The molecule has 0 aromatic rings. The van der Waals surface area contributed by atoms with Gasteiger partial charge in [-0.1, -0.05) is 0 Å². The molecule has 0 N–H and O–H groups in total. The Bertz CT molecular complexity index is 526. The first kappa shape index (κ1) is 10.3. The fourth-order valence-electron chi connectivity index (χ4n) is 6.89. The molecule has 8 atom stereocenters. The smallest absolute Gasteiger partial charge is 0.299 e. The second-order valence-electron chi connectivity index (χ2n) is 6.91. The molecule has 5 saturated carbocycles. The molecule has 0 aromatic carbocycles. The number of hydrogen-bond donors (Lipinski definition) is 0. The van der Waals surface area contributed by atoms with E-state index in [9.17, 15) is 25.0 Å². The van der Waals surface area contributed by atoms with E-state index in [-0.39, 0.29) is 41.3 Å². The van der Waals surface area contributed by atoms with Crippen molar-refractivity contribution >= 4 is 5.78 Å². The minimum atomic E-state index is -1.99. The second kappa shape index (κ2) is 2.53. The number of carbonyl (C=O) groups is 1. The summed E-state index contributed by atoms with van der Waals surface area (Å²) in [6, 6.07) is 0. The molecule has 5 aliphatic rings. The summed E-state index contributed by atoms with van der Waals surface area (Å²) in [4.78, 5) is 34.1. The van der Waals surface area contributed by atoms with Crippen LogP contribution >= 0.6 is 0 Å². The molecular formula is C12H12N2O5. The van der Waals surface area contributed by atoms with Gasteiger partial charge in [-0.2, -0.15) is 0 Å². The van der Waals surface area contributed by atoms with E-state index in [1.807, 2.05) is 0 Å². The van der Waals surface area contributed by atoms with Crippen molar-refractivity contribution in [1.82, 2.24) is 0 Å². The maximum Gasteiger partial charge on any atom is 0.464 e. The zero-order valence-corrected chi connectivity index (χ0v) is 9.97. The van der Waals surface area contributed by atoms with Crippen LogP contribution in [0.1, 0.15) is 12.8 Å². The van der Waals surface area contributed by atoms with E-state index in [4.69, 9.17) is 0 Å². The Hall–Kier alpha value is -1.53. The molecule has 5 aliphatic carbocycles. The average molecular weight is 264 g/mol. The van der Waals surface area contributed by atoms with Gasteiger partial charge >= 0.3 is 5.66 Å². The van der Waals surface area contributed by atoms with Crippen LogP contribution in [0.25, 0.3) is 0 Å². The van der Waals surface area contributed by atoms with Crippen LogP contribution in [-0.4, -0.2) is 21.3 Å². The normalized spacial score (nSPS) is 57.4. The lowest BCUT2D eigenvalue weighted by molar-refractivity contribution is -0.813. The number of nitro groups is 2. The molecule has 0 aliphatic heterocycles. The predicted octanol–water partition coefficient (Wildman–Crippen LogP) is 0.583. The Kier molecular flexibility index (Phi) is 1.37. The Morgan fingerprint density at radius 1 is 0.895 bits per heavy atom. The Morgan fingerprint density at radius 2 is 1.32 bits per heavy atom. The van der Waals surface area contributed by atoms with E-state index in [2.05, 4.69) is 0 Å². The summed E-state index contributed by atoms with van der Waals surface area (Å²) >= 11 is 0. The van der Waals surface area contributed by atoms with E-state index in [1.54, 1.807) is 0 Å². The van der Waals surface area contributed by atoms with Crippen molar-refractivity contribution in [3.63, 3.8) is 0 Å². The van der Waals surface area contributed by atoms with Gasteiger partial charge in [0.1, 0.15) is 17.6 Å². The fourth-order valence-corrected chi connectivity index (χ4v) is 6.89. The molecule has 0 spiro atoms. The molecular weight excluding hydrogens is 252 g/mol. The third kappa shape index (κ3) is 0.694. The molecule has 19 heavy (non-hydrogen) atoms. The zero-order chi connectivity index (χ0) is 13.3. The van der Waals surface area contributed by atoms with Gasteiger partial charge in [0.15, 0.2) is 0 Å².